The molecule has 1 aromatic rings. The Labute approximate surface area is 74.6 Å². The Kier molecular flexibility index (Phi) is 2.03. The van der Waals surface area contributed by atoms with Crippen LogP contribution in [0.5, 0.6) is 0 Å². The largest absolute Gasteiger partial charge is 0.272 e. The van der Waals surface area contributed by atoms with Crippen LogP contribution in [0.4, 0.5) is 0 Å². The SMILES string of the molecule is CC(C)(C)c1cn[nH]c1I. The van der Waals surface area contributed by atoms with Crippen LogP contribution in [-0.2, 0) is 5.41 Å². The molecule has 0 radical (unpaired) electrons. The average Bonchev–Trinajstić information content (AvgIpc) is 2.11. The summed E-state index contributed by atoms with van der Waals surface area (Å²) in [5.41, 5.74) is 1.50. The molecule has 0 saturated heterocycles. The molecule has 0 amide bonds. The molecule has 56 valence electrons. The summed E-state index contributed by atoms with van der Waals surface area (Å²) in [4.78, 5) is 0. The maximum Gasteiger partial charge on any atom is 0.0994 e. The van der Waals surface area contributed by atoms with Gasteiger partial charge >= 0.3 is 0 Å². The van der Waals surface area contributed by atoms with Gasteiger partial charge in [-0.3, -0.25) is 5.10 Å². The zero-order valence-corrected chi connectivity index (χ0v) is 8.56. The molecule has 0 atom stereocenters. The monoisotopic (exact) mass is 250 g/mol. The lowest BCUT2D eigenvalue weighted by Gasteiger charge is -2.15. The fourth-order valence-electron chi connectivity index (χ4n) is 0.793. The molecule has 1 N–H and O–H groups in total. The van der Waals surface area contributed by atoms with Crippen LogP contribution < -0.4 is 0 Å². The van der Waals surface area contributed by atoms with E-state index in [9.17, 15) is 0 Å². The van der Waals surface area contributed by atoms with Gasteiger partial charge < -0.3 is 0 Å². The molecule has 0 saturated carbocycles. The minimum Gasteiger partial charge on any atom is -0.272 e. The zero-order chi connectivity index (χ0) is 7.78. The molecule has 0 aliphatic carbocycles. The van der Waals surface area contributed by atoms with Crippen LogP contribution in [-0.4, -0.2) is 10.2 Å². The summed E-state index contributed by atoms with van der Waals surface area (Å²) in [5, 5.41) is 6.87. The van der Waals surface area contributed by atoms with Crippen molar-refractivity contribution < 1.29 is 0 Å². The van der Waals surface area contributed by atoms with Crippen LogP contribution in [0.2, 0.25) is 0 Å². The summed E-state index contributed by atoms with van der Waals surface area (Å²) in [6.45, 7) is 6.54. The predicted octanol–water partition coefficient (Wildman–Crippen LogP) is 2.31. The van der Waals surface area contributed by atoms with Crippen LogP contribution in [0.15, 0.2) is 6.20 Å². The first-order valence-corrected chi connectivity index (χ1v) is 4.29. The van der Waals surface area contributed by atoms with Crippen molar-refractivity contribution in [1.29, 1.82) is 0 Å². The molecule has 1 rings (SSSR count). The van der Waals surface area contributed by atoms with Crippen molar-refractivity contribution in [3.05, 3.63) is 15.5 Å². The molecule has 1 aromatic heterocycles. The van der Waals surface area contributed by atoms with Crippen LogP contribution in [0.3, 0.4) is 0 Å². The highest BCUT2D eigenvalue weighted by Gasteiger charge is 2.17. The van der Waals surface area contributed by atoms with Crippen LogP contribution in [0, 0.1) is 3.70 Å². The highest BCUT2D eigenvalue weighted by atomic mass is 127. The third-order valence-corrected chi connectivity index (χ3v) is 2.22. The van der Waals surface area contributed by atoms with Crippen molar-refractivity contribution in [2.75, 3.05) is 0 Å². The number of H-pyrrole nitrogens is 1. The fraction of sp³-hybridized carbons (Fsp3) is 0.571. The Balaban J connectivity index is 3.05. The van der Waals surface area contributed by atoms with Gasteiger partial charge in [0.05, 0.1) is 9.90 Å². The lowest BCUT2D eigenvalue weighted by atomic mass is 9.90. The van der Waals surface area contributed by atoms with Crippen LogP contribution >= 0.6 is 22.6 Å². The van der Waals surface area contributed by atoms with Crippen LogP contribution in [0.25, 0.3) is 0 Å². The van der Waals surface area contributed by atoms with Crippen molar-refractivity contribution >= 4 is 22.6 Å². The number of halogens is 1. The van der Waals surface area contributed by atoms with Crippen molar-refractivity contribution in [2.45, 2.75) is 26.2 Å². The lowest BCUT2D eigenvalue weighted by molar-refractivity contribution is 0.587. The van der Waals surface area contributed by atoms with E-state index in [1.807, 2.05) is 6.20 Å². The van der Waals surface area contributed by atoms with Gasteiger partial charge in [-0.15, -0.1) is 0 Å². The van der Waals surface area contributed by atoms with Gasteiger partial charge in [-0.2, -0.15) is 5.10 Å². The molecule has 0 fully saturated rings. The topological polar surface area (TPSA) is 28.7 Å². The Hall–Kier alpha value is -0.0600. The molecule has 2 nitrogen and oxygen atoms in total. The molecule has 0 bridgehead atoms. The van der Waals surface area contributed by atoms with Gasteiger partial charge in [0.1, 0.15) is 0 Å². The number of aromatic amines is 1. The number of hydrogen-bond donors (Lipinski definition) is 1. The van der Waals surface area contributed by atoms with E-state index in [0.717, 1.165) is 3.70 Å². The summed E-state index contributed by atoms with van der Waals surface area (Å²) in [6.07, 6.45) is 1.89. The van der Waals surface area contributed by atoms with Gasteiger partial charge in [-0.1, -0.05) is 20.8 Å². The van der Waals surface area contributed by atoms with Crippen LogP contribution in [0.1, 0.15) is 26.3 Å². The zero-order valence-electron chi connectivity index (χ0n) is 6.40. The van der Waals surface area contributed by atoms with Gasteiger partial charge in [0.25, 0.3) is 0 Å². The molecule has 10 heavy (non-hydrogen) atoms. The maximum atomic E-state index is 3.96. The number of nitrogens with zero attached hydrogens (tertiary/aromatic N) is 1. The number of hydrogen-bond acceptors (Lipinski definition) is 1. The predicted molar refractivity (Wildman–Crippen MR) is 50.0 cm³/mol. The Morgan fingerprint density at radius 2 is 2.10 bits per heavy atom. The highest BCUT2D eigenvalue weighted by Crippen LogP contribution is 2.24. The highest BCUT2D eigenvalue weighted by molar-refractivity contribution is 14.1. The third-order valence-electron chi connectivity index (χ3n) is 1.40. The minimum atomic E-state index is 0.212. The normalized spacial score (nSPS) is 12.0. The average molecular weight is 250 g/mol. The summed E-state index contributed by atoms with van der Waals surface area (Å²) in [5.74, 6) is 0. The van der Waals surface area contributed by atoms with Gasteiger partial charge in [-0.25, -0.2) is 0 Å². The molecular formula is C7H11IN2. The molecule has 0 aliphatic heterocycles. The Morgan fingerprint density at radius 3 is 2.30 bits per heavy atom. The van der Waals surface area contributed by atoms with E-state index in [2.05, 4.69) is 53.6 Å². The second-order valence-electron chi connectivity index (χ2n) is 3.35. The van der Waals surface area contributed by atoms with E-state index in [4.69, 9.17) is 0 Å². The van der Waals surface area contributed by atoms with E-state index in [-0.39, 0.29) is 5.41 Å². The molecule has 0 aliphatic rings. The van der Waals surface area contributed by atoms with E-state index >= 15 is 0 Å². The first kappa shape index (κ1) is 8.04. The fourth-order valence-corrected chi connectivity index (χ4v) is 1.88. The molecule has 1 heterocycles. The van der Waals surface area contributed by atoms with Crippen molar-refractivity contribution in [2.24, 2.45) is 0 Å². The number of rotatable bonds is 0. The molecular weight excluding hydrogens is 239 g/mol. The quantitative estimate of drug-likeness (QED) is 0.703. The van der Waals surface area contributed by atoms with Crippen molar-refractivity contribution in [1.82, 2.24) is 10.2 Å². The van der Waals surface area contributed by atoms with E-state index in [1.54, 1.807) is 0 Å². The van der Waals surface area contributed by atoms with Crippen molar-refractivity contribution in [3.63, 3.8) is 0 Å². The van der Waals surface area contributed by atoms with Gasteiger partial charge in [0.2, 0.25) is 0 Å². The first-order valence-electron chi connectivity index (χ1n) is 3.21. The van der Waals surface area contributed by atoms with E-state index in [1.165, 1.54) is 5.56 Å². The first-order chi connectivity index (χ1) is 4.52. The molecule has 0 spiro atoms. The minimum absolute atomic E-state index is 0.212. The van der Waals surface area contributed by atoms with Gasteiger partial charge in [0.15, 0.2) is 0 Å². The lowest BCUT2D eigenvalue weighted by Crippen LogP contribution is -2.11. The maximum absolute atomic E-state index is 3.96. The standard InChI is InChI=1S/C7H11IN2/c1-7(2,3)5-4-9-10-6(5)8/h4H,1-3H3,(H,9,10). The molecule has 3 heteroatoms. The van der Waals surface area contributed by atoms with Gasteiger partial charge in [0, 0.05) is 5.56 Å². The molecule has 0 unspecified atom stereocenters. The summed E-state index contributed by atoms with van der Waals surface area (Å²) >= 11 is 2.26. The van der Waals surface area contributed by atoms with Crippen molar-refractivity contribution in [3.8, 4) is 0 Å². The summed E-state index contributed by atoms with van der Waals surface area (Å²) in [6, 6.07) is 0. The third kappa shape index (κ3) is 1.51. The summed E-state index contributed by atoms with van der Waals surface area (Å²) < 4.78 is 1.14. The number of nitrogens with one attached hydrogen (secondary N) is 1. The number of aromatic nitrogens is 2. The molecule has 0 aromatic carbocycles. The second-order valence-corrected chi connectivity index (χ2v) is 4.43. The smallest absolute Gasteiger partial charge is 0.0994 e. The van der Waals surface area contributed by atoms with Gasteiger partial charge in [-0.05, 0) is 28.0 Å². The summed E-state index contributed by atoms with van der Waals surface area (Å²) in [7, 11) is 0. The Morgan fingerprint density at radius 1 is 1.50 bits per heavy atom. The van der Waals surface area contributed by atoms with E-state index < -0.39 is 0 Å². The second kappa shape index (κ2) is 2.53. The van der Waals surface area contributed by atoms with E-state index in [0.29, 0.717) is 0 Å². The Bertz CT molecular complexity index is 222.